The van der Waals surface area contributed by atoms with Crippen molar-refractivity contribution in [3.05, 3.63) is 41.2 Å². The van der Waals surface area contributed by atoms with Gasteiger partial charge in [0.2, 0.25) is 5.91 Å². The number of unbranched alkanes of at least 4 members (excludes halogenated alkanes) is 2. The lowest BCUT2D eigenvalue weighted by atomic mass is 9.89. The Balaban J connectivity index is 1.43. The number of fused-ring (bicyclic) bond motifs is 1. The molecule has 1 aliphatic rings. The third-order valence-corrected chi connectivity index (χ3v) is 5.67. The molecule has 1 heterocycles. The van der Waals surface area contributed by atoms with Gasteiger partial charge in [-0.1, -0.05) is 60.3 Å². The zero-order chi connectivity index (χ0) is 19.1. The number of carbonyl (C=O) groups is 1. The van der Waals surface area contributed by atoms with Gasteiger partial charge in [0.05, 0.1) is 17.6 Å². The van der Waals surface area contributed by atoms with Gasteiger partial charge in [-0.2, -0.15) is 0 Å². The average molecular weight is 432 g/mol. The summed E-state index contributed by atoms with van der Waals surface area (Å²) in [5.74, 6) is 1.64. The van der Waals surface area contributed by atoms with Crippen LogP contribution in [0.15, 0.2) is 35.3 Å². The molecule has 1 fully saturated rings. The van der Waals surface area contributed by atoms with E-state index in [0.717, 1.165) is 73.0 Å². The van der Waals surface area contributed by atoms with E-state index in [1.165, 1.54) is 19.3 Å². The van der Waals surface area contributed by atoms with Crippen LogP contribution < -0.4 is 5.32 Å². The second kappa shape index (κ2) is 10.1. The molecule has 146 valence electrons. The number of nitrogens with zero attached hydrogens (tertiary/aromatic N) is 2. The normalized spacial score (nSPS) is 15.1. The molecule has 0 bridgehead atoms. The molecule has 0 atom stereocenters. The quantitative estimate of drug-likeness (QED) is 0.543. The molecule has 0 radical (unpaired) electrons. The smallest absolute Gasteiger partial charge is 0.223 e. The highest BCUT2D eigenvalue weighted by atomic mass is 79.9. The molecular formula is C22H30BrN3O. The van der Waals surface area contributed by atoms with Crippen molar-refractivity contribution in [3.63, 3.8) is 0 Å². The minimum Gasteiger partial charge on any atom is -0.356 e. The number of carbonyl (C=O) groups excluding carboxylic acids is 1. The lowest BCUT2D eigenvalue weighted by Gasteiger charge is -2.20. The molecule has 27 heavy (non-hydrogen) atoms. The molecule has 5 heteroatoms. The summed E-state index contributed by atoms with van der Waals surface area (Å²) in [7, 11) is 0. The molecule has 2 aromatic rings. The summed E-state index contributed by atoms with van der Waals surface area (Å²) in [6.45, 7) is 5.52. The van der Waals surface area contributed by atoms with E-state index in [4.69, 9.17) is 4.98 Å². The van der Waals surface area contributed by atoms with Crippen LogP contribution in [0.1, 0.15) is 57.2 Å². The van der Waals surface area contributed by atoms with Crippen molar-refractivity contribution in [1.82, 2.24) is 14.9 Å². The van der Waals surface area contributed by atoms with Crippen molar-refractivity contribution >= 4 is 32.9 Å². The van der Waals surface area contributed by atoms with Crippen LogP contribution >= 0.6 is 15.9 Å². The first kappa shape index (κ1) is 20.1. The van der Waals surface area contributed by atoms with Crippen LogP contribution in [0.4, 0.5) is 0 Å². The molecule has 3 rings (SSSR count). The highest BCUT2D eigenvalue weighted by Gasteiger charge is 2.20. The highest BCUT2D eigenvalue weighted by molar-refractivity contribution is 9.11. The Morgan fingerprint density at radius 3 is 2.74 bits per heavy atom. The van der Waals surface area contributed by atoms with E-state index in [2.05, 4.69) is 50.6 Å². The SMILES string of the molecule is C=C(Br)Cn1c(CCCCCNC(=O)C2CCCCC2)nc2ccccc21. The van der Waals surface area contributed by atoms with E-state index >= 15 is 0 Å². The number of rotatable bonds is 9. The van der Waals surface area contributed by atoms with E-state index < -0.39 is 0 Å². The Morgan fingerprint density at radius 2 is 1.96 bits per heavy atom. The van der Waals surface area contributed by atoms with Crippen molar-refractivity contribution in [2.45, 2.75) is 64.3 Å². The number of imidazole rings is 1. The fourth-order valence-corrected chi connectivity index (χ4v) is 4.22. The van der Waals surface area contributed by atoms with Crippen LogP contribution in [-0.4, -0.2) is 22.0 Å². The molecule has 4 nitrogen and oxygen atoms in total. The number of amides is 1. The molecule has 1 aliphatic carbocycles. The van der Waals surface area contributed by atoms with Crippen molar-refractivity contribution in [1.29, 1.82) is 0 Å². The number of hydrogen-bond donors (Lipinski definition) is 1. The maximum atomic E-state index is 12.2. The molecule has 1 N–H and O–H groups in total. The number of aromatic nitrogens is 2. The van der Waals surface area contributed by atoms with E-state index in [0.29, 0.717) is 0 Å². The minimum absolute atomic E-state index is 0.260. The van der Waals surface area contributed by atoms with Crippen LogP contribution in [0.3, 0.4) is 0 Å². The summed E-state index contributed by atoms with van der Waals surface area (Å²) >= 11 is 3.48. The summed E-state index contributed by atoms with van der Waals surface area (Å²) in [5.41, 5.74) is 2.20. The number of nitrogens with one attached hydrogen (secondary N) is 1. The van der Waals surface area contributed by atoms with Crippen molar-refractivity contribution in [3.8, 4) is 0 Å². The minimum atomic E-state index is 0.260. The Labute approximate surface area is 170 Å². The number of para-hydroxylation sites is 2. The van der Waals surface area contributed by atoms with E-state index in [9.17, 15) is 4.79 Å². The zero-order valence-corrected chi connectivity index (χ0v) is 17.6. The third-order valence-electron chi connectivity index (χ3n) is 5.42. The molecule has 0 saturated heterocycles. The fourth-order valence-electron chi connectivity index (χ4n) is 3.97. The molecule has 0 spiro atoms. The van der Waals surface area contributed by atoms with Gasteiger partial charge in [-0.05, 0) is 37.8 Å². The molecule has 1 amide bonds. The molecular weight excluding hydrogens is 402 g/mol. The number of benzene rings is 1. The van der Waals surface area contributed by atoms with Gasteiger partial charge in [0.1, 0.15) is 5.82 Å². The topological polar surface area (TPSA) is 46.9 Å². The predicted octanol–water partition coefficient (Wildman–Crippen LogP) is 5.35. The van der Waals surface area contributed by atoms with E-state index in [1.54, 1.807) is 0 Å². The maximum Gasteiger partial charge on any atom is 0.223 e. The van der Waals surface area contributed by atoms with Gasteiger partial charge < -0.3 is 9.88 Å². The highest BCUT2D eigenvalue weighted by Crippen LogP contribution is 2.23. The monoisotopic (exact) mass is 431 g/mol. The van der Waals surface area contributed by atoms with Crippen molar-refractivity contribution in [2.75, 3.05) is 6.54 Å². The van der Waals surface area contributed by atoms with Gasteiger partial charge in [-0.15, -0.1) is 0 Å². The summed E-state index contributed by atoms with van der Waals surface area (Å²) in [4.78, 5) is 17.0. The van der Waals surface area contributed by atoms with Crippen LogP contribution in [0.25, 0.3) is 11.0 Å². The zero-order valence-electron chi connectivity index (χ0n) is 16.1. The van der Waals surface area contributed by atoms with E-state index in [1.807, 2.05) is 6.07 Å². The molecule has 0 aliphatic heterocycles. The number of allylic oxidation sites excluding steroid dienone is 1. The first-order valence-electron chi connectivity index (χ1n) is 10.2. The van der Waals surface area contributed by atoms with Gasteiger partial charge in [-0.3, -0.25) is 4.79 Å². The average Bonchev–Trinajstić information content (AvgIpc) is 3.02. The Bertz CT molecular complexity index is 777. The van der Waals surface area contributed by atoms with Crippen molar-refractivity contribution in [2.24, 2.45) is 5.92 Å². The number of hydrogen-bond acceptors (Lipinski definition) is 2. The van der Waals surface area contributed by atoms with Crippen LogP contribution in [0.2, 0.25) is 0 Å². The largest absolute Gasteiger partial charge is 0.356 e. The van der Waals surface area contributed by atoms with Crippen LogP contribution in [0, 0.1) is 5.92 Å². The van der Waals surface area contributed by atoms with Gasteiger partial charge in [0.15, 0.2) is 0 Å². The first-order valence-corrected chi connectivity index (χ1v) is 11.0. The van der Waals surface area contributed by atoms with Crippen LogP contribution in [0.5, 0.6) is 0 Å². The van der Waals surface area contributed by atoms with Crippen molar-refractivity contribution < 1.29 is 4.79 Å². The molecule has 1 aromatic carbocycles. The predicted molar refractivity (Wildman–Crippen MR) is 115 cm³/mol. The van der Waals surface area contributed by atoms with Gasteiger partial charge >= 0.3 is 0 Å². The summed E-state index contributed by atoms with van der Waals surface area (Å²) in [6.07, 6.45) is 10.0. The Morgan fingerprint density at radius 1 is 1.19 bits per heavy atom. The standard InChI is InChI=1S/C22H30BrN3O/c1-17(23)16-26-20-13-8-7-12-19(20)25-21(26)14-6-3-9-15-24-22(27)18-10-4-2-5-11-18/h7-8,12-13,18H,1-6,9-11,14-16H2,(H,24,27). The summed E-state index contributed by atoms with van der Waals surface area (Å²) in [6, 6.07) is 8.26. The second-order valence-corrected chi connectivity index (χ2v) is 8.68. The number of halogens is 1. The van der Waals surface area contributed by atoms with Gasteiger partial charge in [0, 0.05) is 23.4 Å². The molecule has 1 aromatic heterocycles. The van der Waals surface area contributed by atoms with Crippen LogP contribution in [-0.2, 0) is 17.8 Å². The third kappa shape index (κ3) is 5.68. The van der Waals surface area contributed by atoms with Gasteiger partial charge in [0.25, 0.3) is 0 Å². The fraction of sp³-hybridized carbons (Fsp3) is 0.545. The Hall–Kier alpha value is -1.62. The number of aryl methyl sites for hydroxylation is 1. The van der Waals surface area contributed by atoms with E-state index in [-0.39, 0.29) is 11.8 Å². The maximum absolute atomic E-state index is 12.2. The molecule has 1 saturated carbocycles. The lowest BCUT2D eigenvalue weighted by Crippen LogP contribution is -2.32. The Kier molecular flexibility index (Phi) is 7.50. The molecule has 0 unspecified atom stereocenters. The summed E-state index contributed by atoms with van der Waals surface area (Å²) < 4.78 is 3.20. The summed E-state index contributed by atoms with van der Waals surface area (Å²) in [5, 5.41) is 3.13. The second-order valence-electron chi connectivity index (χ2n) is 7.56. The van der Waals surface area contributed by atoms with Gasteiger partial charge in [-0.25, -0.2) is 4.98 Å². The lowest BCUT2D eigenvalue weighted by molar-refractivity contribution is -0.125. The first-order chi connectivity index (χ1) is 13.1.